The summed E-state index contributed by atoms with van der Waals surface area (Å²) < 4.78 is 3.39. The van der Waals surface area contributed by atoms with Crippen LogP contribution in [-0.4, -0.2) is 9.55 Å². The largest absolute Gasteiger partial charge is 0.325 e. The van der Waals surface area contributed by atoms with E-state index in [2.05, 4.69) is 4.98 Å². The molecule has 0 amide bonds. The van der Waals surface area contributed by atoms with Gasteiger partial charge in [0, 0.05) is 18.3 Å². The third kappa shape index (κ3) is 1.75. The fourth-order valence-electron chi connectivity index (χ4n) is 0.853. The fraction of sp³-hybridized carbons (Fsp3) is 0.429. The van der Waals surface area contributed by atoms with Crippen molar-refractivity contribution in [1.82, 2.24) is 9.55 Å². The van der Waals surface area contributed by atoms with Crippen molar-refractivity contribution in [3.8, 4) is 0 Å². The van der Waals surface area contributed by atoms with Crippen molar-refractivity contribution in [3.05, 3.63) is 21.2 Å². The monoisotopic (exact) mass is 186 g/mol. The predicted octanol–water partition coefficient (Wildman–Crippen LogP) is 2.60. The van der Waals surface area contributed by atoms with Crippen molar-refractivity contribution >= 4 is 24.4 Å². The Bertz CT molecular complexity index is 361. The molecule has 0 aromatic carbocycles. The molecule has 1 N–H and O–H groups in total. The van der Waals surface area contributed by atoms with Gasteiger partial charge in [-0.25, -0.2) is 0 Å². The van der Waals surface area contributed by atoms with Crippen LogP contribution in [0.5, 0.6) is 0 Å². The van der Waals surface area contributed by atoms with Gasteiger partial charge in [0.2, 0.25) is 0 Å². The molecule has 1 heterocycles. The first kappa shape index (κ1) is 8.62. The zero-order valence-electron chi connectivity index (χ0n) is 6.55. The summed E-state index contributed by atoms with van der Waals surface area (Å²) in [4.78, 5) is 2.95. The quantitative estimate of drug-likeness (QED) is 0.680. The first-order valence-electron chi connectivity index (χ1n) is 3.45. The van der Waals surface area contributed by atoms with Gasteiger partial charge in [-0.05, 0) is 26.1 Å². The molecule has 0 bridgehead atoms. The lowest BCUT2D eigenvalue weighted by molar-refractivity contribution is 0.713. The fourth-order valence-corrected chi connectivity index (χ4v) is 1.35. The Balaban J connectivity index is 3.45. The maximum absolute atomic E-state index is 5.04. The molecule has 60 valence electrons. The summed E-state index contributed by atoms with van der Waals surface area (Å²) in [5.74, 6) is 0. The number of H-pyrrole nitrogens is 1. The second-order valence-electron chi connectivity index (χ2n) is 2.36. The molecule has 1 aromatic heterocycles. The van der Waals surface area contributed by atoms with E-state index >= 15 is 0 Å². The highest BCUT2D eigenvalue weighted by molar-refractivity contribution is 7.72. The highest BCUT2D eigenvalue weighted by Gasteiger charge is 1.91. The van der Waals surface area contributed by atoms with E-state index in [1.54, 1.807) is 0 Å². The van der Waals surface area contributed by atoms with Gasteiger partial charge in [0.1, 0.15) is 4.64 Å². The lowest BCUT2D eigenvalue weighted by atomic mass is 10.4. The molecule has 0 saturated carbocycles. The number of hydrogen-bond acceptors (Lipinski definition) is 2. The molecule has 0 aliphatic rings. The number of nitrogens with zero attached hydrogens (tertiary/aromatic N) is 1. The molecule has 1 aromatic rings. The van der Waals surface area contributed by atoms with Crippen LogP contribution < -0.4 is 0 Å². The van der Waals surface area contributed by atoms with Crippen LogP contribution in [0.3, 0.4) is 0 Å². The second kappa shape index (κ2) is 3.28. The van der Waals surface area contributed by atoms with Crippen LogP contribution in [0.15, 0.2) is 6.20 Å². The molecule has 11 heavy (non-hydrogen) atoms. The molecule has 0 saturated heterocycles. The first-order valence-corrected chi connectivity index (χ1v) is 4.27. The summed E-state index contributed by atoms with van der Waals surface area (Å²) in [7, 11) is 0. The summed E-state index contributed by atoms with van der Waals surface area (Å²) in [6.45, 7) is 4.90. The van der Waals surface area contributed by atoms with Crippen LogP contribution in [0.25, 0.3) is 0 Å². The Morgan fingerprint density at radius 2 is 2.18 bits per heavy atom. The Kier molecular flexibility index (Phi) is 2.57. The van der Waals surface area contributed by atoms with Crippen molar-refractivity contribution < 1.29 is 0 Å². The van der Waals surface area contributed by atoms with Gasteiger partial charge in [-0.15, -0.1) is 0 Å². The highest BCUT2D eigenvalue weighted by Crippen LogP contribution is 1.98. The summed E-state index contributed by atoms with van der Waals surface area (Å²) in [6.07, 6.45) is 1.97. The topological polar surface area (TPSA) is 20.7 Å². The average molecular weight is 186 g/mol. The zero-order valence-corrected chi connectivity index (χ0v) is 8.18. The second-order valence-corrected chi connectivity index (χ2v) is 3.15. The molecule has 0 radical (unpaired) electrons. The molecule has 0 fully saturated rings. The van der Waals surface area contributed by atoms with Gasteiger partial charge in [-0.1, -0.05) is 12.2 Å². The summed E-state index contributed by atoms with van der Waals surface area (Å²) >= 11 is 10.1. The Labute approximate surface area is 75.9 Å². The maximum Gasteiger partial charge on any atom is 0.178 e. The average Bonchev–Trinajstić information content (AvgIpc) is 1.97. The van der Waals surface area contributed by atoms with Gasteiger partial charge >= 0.3 is 0 Å². The third-order valence-electron chi connectivity index (χ3n) is 1.53. The van der Waals surface area contributed by atoms with Gasteiger partial charge in [0.05, 0.1) is 0 Å². The number of aryl methyl sites for hydroxylation is 2. The van der Waals surface area contributed by atoms with E-state index in [4.69, 9.17) is 24.4 Å². The van der Waals surface area contributed by atoms with Crippen molar-refractivity contribution in [2.24, 2.45) is 0 Å². The third-order valence-corrected chi connectivity index (χ3v) is 2.29. The molecule has 0 spiro atoms. The molecule has 0 aliphatic carbocycles. The number of rotatable bonds is 1. The van der Waals surface area contributed by atoms with Crippen LogP contribution in [0.4, 0.5) is 0 Å². The number of aromatic amines is 1. The number of nitrogens with one attached hydrogen (secondary N) is 1. The lowest BCUT2D eigenvalue weighted by Gasteiger charge is -2.03. The predicted molar refractivity (Wildman–Crippen MR) is 50.9 cm³/mol. The minimum absolute atomic E-state index is 0.697. The van der Waals surface area contributed by atoms with Crippen molar-refractivity contribution in [2.75, 3.05) is 0 Å². The number of aromatic nitrogens is 2. The van der Waals surface area contributed by atoms with Crippen LogP contribution in [0.1, 0.15) is 12.5 Å². The van der Waals surface area contributed by atoms with E-state index in [1.165, 1.54) is 0 Å². The van der Waals surface area contributed by atoms with Crippen LogP contribution in [0, 0.1) is 16.3 Å². The van der Waals surface area contributed by atoms with E-state index in [0.29, 0.717) is 4.77 Å². The number of hydrogen-bond donors (Lipinski definition) is 1. The summed E-state index contributed by atoms with van der Waals surface area (Å²) in [5, 5.41) is 0. The lowest BCUT2D eigenvalue weighted by Crippen LogP contribution is -2.00. The van der Waals surface area contributed by atoms with E-state index < -0.39 is 0 Å². The van der Waals surface area contributed by atoms with Gasteiger partial charge in [0.25, 0.3) is 0 Å². The SMILES string of the molecule is CCn1cc(C)c(=S)[nH]c1=S. The Hall–Kier alpha value is -0.480. The molecule has 0 aliphatic heterocycles. The van der Waals surface area contributed by atoms with E-state index in [-0.39, 0.29) is 0 Å². The Morgan fingerprint density at radius 3 is 2.73 bits per heavy atom. The molecule has 4 heteroatoms. The minimum Gasteiger partial charge on any atom is -0.325 e. The van der Waals surface area contributed by atoms with Gasteiger partial charge in [-0.2, -0.15) is 0 Å². The minimum atomic E-state index is 0.697. The smallest absolute Gasteiger partial charge is 0.178 e. The van der Waals surface area contributed by atoms with Crippen LogP contribution in [-0.2, 0) is 6.54 Å². The first-order chi connectivity index (χ1) is 5.15. The van der Waals surface area contributed by atoms with Crippen molar-refractivity contribution in [3.63, 3.8) is 0 Å². The van der Waals surface area contributed by atoms with E-state index in [1.807, 2.05) is 24.6 Å². The van der Waals surface area contributed by atoms with Gasteiger partial charge in [0.15, 0.2) is 4.77 Å². The normalized spacial score (nSPS) is 10.0. The van der Waals surface area contributed by atoms with E-state index in [0.717, 1.165) is 16.7 Å². The molecular weight excluding hydrogens is 176 g/mol. The van der Waals surface area contributed by atoms with E-state index in [9.17, 15) is 0 Å². The Morgan fingerprint density at radius 1 is 1.55 bits per heavy atom. The molecule has 0 unspecified atom stereocenters. The molecule has 0 atom stereocenters. The maximum atomic E-state index is 5.04. The molecular formula is C7H10N2S2. The standard InChI is InChI=1S/C7H10N2S2/c1-3-9-4-5(2)6(10)8-7(9)11/h4H,3H2,1-2H3,(H,8,10,11). The molecule has 2 nitrogen and oxygen atoms in total. The van der Waals surface area contributed by atoms with Gasteiger partial charge < -0.3 is 9.55 Å². The molecule has 1 rings (SSSR count). The zero-order chi connectivity index (χ0) is 8.43. The van der Waals surface area contributed by atoms with Crippen LogP contribution in [0.2, 0.25) is 0 Å². The summed E-state index contributed by atoms with van der Waals surface area (Å²) in [5.41, 5.74) is 1.07. The van der Waals surface area contributed by atoms with Crippen LogP contribution >= 0.6 is 24.4 Å². The summed E-state index contributed by atoms with van der Waals surface area (Å²) in [6, 6.07) is 0. The van der Waals surface area contributed by atoms with Crippen molar-refractivity contribution in [2.45, 2.75) is 20.4 Å². The van der Waals surface area contributed by atoms with Crippen molar-refractivity contribution in [1.29, 1.82) is 0 Å². The van der Waals surface area contributed by atoms with Gasteiger partial charge in [-0.3, -0.25) is 0 Å². The highest BCUT2D eigenvalue weighted by atomic mass is 32.1.